The topological polar surface area (TPSA) is 105 Å². The maximum Gasteiger partial charge on any atom is 0.306 e. The molecule has 2 aliphatic rings. The summed E-state index contributed by atoms with van der Waals surface area (Å²) in [6, 6.07) is 5.03. The lowest BCUT2D eigenvalue weighted by Crippen LogP contribution is -2.39. The zero-order valence-corrected chi connectivity index (χ0v) is 15.4. The zero-order valence-electron chi connectivity index (χ0n) is 15.4. The molecule has 1 saturated heterocycles. The third-order valence-corrected chi connectivity index (χ3v) is 5.30. The van der Waals surface area contributed by atoms with Crippen LogP contribution in [0.15, 0.2) is 18.2 Å². The second-order valence-electron chi connectivity index (χ2n) is 7.00. The van der Waals surface area contributed by atoms with Crippen LogP contribution in [0.5, 0.6) is 11.5 Å². The zero-order chi connectivity index (χ0) is 19.6. The Balaban J connectivity index is 1.65. The van der Waals surface area contributed by atoms with Crippen LogP contribution in [0.1, 0.15) is 25.7 Å². The van der Waals surface area contributed by atoms with E-state index < -0.39 is 17.8 Å². The highest BCUT2D eigenvalue weighted by Gasteiger charge is 2.38. The predicted octanol–water partition coefficient (Wildman–Crippen LogP) is 1.43. The molecule has 0 radical (unpaired) electrons. The summed E-state index contributed by atoms with van der Waals surface area (Å²) in [5.41, 5.74) is 0.602. The Labute approximate surface area is 157 Å². The molecule has 0 bridgehead atoms. The van der Waals surface area contributed by atoms with Crippen molar-refractivity contribution in [1.29, 1.82) is 0 Å². The van der Waals surface area contributed by atoms with Crippen LogP contribution in [0.25, 0.3) is 0 Å². The molecular weight excluding hydrogens is 352 g/mol. The molecule has 8 nitrogen and oxygen atoms in total. The van der Waals surface area contributed by atoms with E-state index in [-0.39, 0.29) is 30.8 Å². The molecule has 3 atom stereocenters. The third kappa shape index (κ3) is 3.99. The molecule has 1 saturated carbocycles. The van der Waals surface area contributed by atoms with Crippen molar-refractivity contribution < 1.29 is 29.0 Å². The second-order valence-corrected chi connectivity index (χ2v) is 7.00. The molecule has 0 spiro atoms. The van der Waals surface area contributed by atoms with Crippen molar-refractivity contribution in [1.82, 2.24) is 5.32 Å². The molecule has 1 aliphatic carbocycles. The molecule has 146 valence electrons. The van der Waals surface area contributed by atoms with Gasteiger partial charge in [-0.15, -0.1) is 0 Å². The van der Waals surface area contributed by atoms with Crippen molar-refractivity contribution in [2.75, 3.05) is 25.7 Å². The highest BCUT2D eigenvalue weighted by molar-refractivity contribution is 6.01. The van der Waals surface area contributed by atoms with Crippen molar-refractivity contribution in [2.24, 2.45) is 11.8 Å². The standard InChI is InChI=1S/C19H24N2O6/c1-26-14-5-6-15(16(9-14)27-2)21-10-12(8-17(21)22)18(23)20-13-4-3-11(7-13)19(24)25/h5-6,9,11-13H,3-4,7-8,10H2,1-2H3,(H,20,23)(H,24,25)/t11-,12?,13+/m1/s1. The molecule has 8 heteroatoms. The van der Waals surface area contributed by atoms with Crippen LogP contribution in [-0.4, -0.2) is 49.7 Å². The maximum atomic E-state index is 12.6. The lowest BCUT2D eigenvalue weighted by molar-refractivity contribution is -0.141. The van der Waals surface area contributed by atoms with Gasteiger partial charge in [-0.05, 0) is 31.4 Å². The molecule has 1 aliphatic heterocycles. The minimum atomic E-state index is -0.819. The van der Waals surface area contributed by atoms with Crippen LogP contribution < -0.4 is 19.7 Å². The number of carboxylic acids is 1. The Morgan fingerprint density at radius 1 is 1.19 bits per heavy atom. The van der Waals surface area contributed by atoms with Gasteiger partial charge in [0.2, 0.25) is 11.8 Å². The number of benzene rings is 1. The first-order valence-electron chi connectivity index (χ1n) is 8.98. The third-order valence-electron chi connectivity index (χ3n) is 5.30. The second kappa shape index (κ2) is 7.85. The van der Waals surface area contributed by atoms with Crippen molar-refractivity contribution in [3.63, 3.8) is 0 Å². The van der Waals surface area contributed by atoms with E-state index >= 15 is 0 Å². The number of aliphatic carboxylic acids is 1. The fourth-order valence-corrected chi connectivity index (χ4v) is 3.78. The molecule has 1 aromatic rings. The van der Waals surface area contributed by atoms with Crippen molar-refractivity contribution in [2.45, 2.75) is 31.7 Å². The maximum absolute atomic E-state index is 12.6. The molecule has 1 heterocycles. The van der Waals surface area contributed by atoms with Gasteiger partial charge in [-0.3, -0.25) is 14.4 Å². The van der Waals surface area contributed by atoms with Crippen LogP contribution in [0.4, 0.5) is 5.69 Å². The first-order valence-corrected chi connectivity index (χ1v) is 8.98. The fraction of sp³-hybridized carbons (Fsp3) is 0.526. The average Bonchev–Trinajstić information content (AvgIpc) is 3.28. The number of anilines is 1. The number of carbonyl (C=O) groups is 3. The Kier molecular flexibility index (Phi) is 5.53. The van der Waals surface area contributed by atoms with E-state index in [1.54, 1.807) is 30.2 Å². The Morgan fingerprint density at radius 2 is 1.96 bits per heavy atom. The van der Waals surface area contributed by atoms with Crippen molar-refractivity contribution in [3.8, 4) is 11.5 Å². The van der Waals surface area contributed by atoms with Gasteiger partial charge in [0.05, 0.1) is 31.7 Å². The summed E-state index contributed by atoms with van der Waals surface area (Å²) < 4.78 is 10.5. The number of carboxylic acid groups (broad SMARTS) is 1. The number of amides is 2. The minimum Gasteiger partial charge on any atom is -0.497 e. The van der Waals surface area contributed by atoms with Gasteiger partial charge in [0, 0.05) is 25.1 Å². The Hall–Kier alpha value is -2.77. The van der Waals surface area contributed by atoms with Crippen molar-refractivity contribution in [3.05, 3.63) is 18.2 Å². The van der Waals surface area contributed by atoms with Gasteiger partial charge in [0.1, 0.15) is 11.5 Å². The SMILES string of the molecule is COc1ccc(N2CC(C(=O)N[C@H]3CC[C@@H](C(=O)O)C3)CC2=O)c(OC)c1. The predicted molar refractivity (Wildman–Crippen MR) is 96.9 cm³/mol. The number of nitrogens with zero attached hydrogens (tertiary/aromatic N) is 1. The summed E-state index contributed by atoms with van der Waals surface area (Å²) in [6.07, 6.45) is 1.78. The minimum absolute atomic E-state index is 0.121. The molecule has 27 heavy (non-hydrogen) atoms. The van der Waals surface area contributed by atoms with Crippen LogP contribution in [0.2, 0.25) is 0 Å². The number of hydrogen-bond donors (Lipinski definition) is 2. The summed E-state index contributed by atoms with van der Waals surface area (Å²) in [4.78, 5) is 37.6. The van der Waals surface area contributed by atoms with Gasteiger partial charge in [-0.1, -0.05) is 0 Å². The number of hydrogen-bond acceptors (Lipinski definition) is 5. The molecule has 1 aromatic carbocycles. The quantitative estimate of drug-likeness (QED) is 0.778. The van der Waals surface area contributed by atoms with Crippen LogP contribution >= 0.6 is 0 Å². The van der Waals surface area contributed by atoms with Crippen LogP contribution in [-0.2, 0) is 14.4 Å². The number of carbonyl (C=O) groups excluding carboxylic acids is 2. The highest BCUT2D eigenvalue weighted by Crippen LogP contribution is 2.36. The van der Waals surface area contributed by atoms with Gasteiger partial charge < -0.3 is 24.8 Å². The summed E-state index contributed by atoms with van der Waals surface area (Å²) in [7, 11) is 3.07. The number of nitrogens with one attached hydrogen (secondary N) is 1. The number of ether oxygens (including phenoxy) is 2. The lowest BCUT2D eigenvalue weighted by atomic mass is 10.1. The van der Waals surface area contributed by atoms with E-state index in [1.165, 1.54) is 7.11 Å². The fourth-order valence-electron chi connectivity index (χ4n) is 3.78. The van der Waals surface area contributed by atoms with Gasteiger partial charge >= 0.3 is 5.97 Å². The smallest absolute Gasteiger partial charge is 0.306 e. The Morgan fingerprint density at radius 3 is 2.59 bits per heavy atom. The first kappa shape index (κ1) is 19.0. The molecular formula is C19H24N2O6. The number of rotatable bonds is 6. The van der Waals surface area contributed by atoms with E-state index in [4.69, 9.17) is 14.6 Å². The molecule has 2 N–H and O–H groups in total. The summed E-state index contributed by atoms with van der Waals surface area (Å²) in [6.45, 7) is 0.266. The largest absolute Gasteiger partial charge is 0.497 e. The average molecular weight is 376 g/mol. The van der Waals surface area contributed by atoms with Gasteiger partial charge in [-0.2, -0.15) is 0 Å². The molecule has 1 unspecified atom stereocenters. The van der Waals surface area contributed by atoms with Crippen LogP contribution in [0.3, 0.4) is 0 Å². The monoisotopic (exact) mass is 376 g/mol. The Bertz CT molecular complexity index is 750. The number of methoxy groups -OCH3 is 2. The highest BCUT2D eigenvalue weighted by atomic mass is 16.5. The first-order chi connectivity index (χ1) is 12.9. The summed E-state index contributed by atoms with van der Waals surface area (Å²) in [5.74, 6) is -0.910. The van der Waals surface area contributed by atoms with E-state index in [2.05, 4.69) is 5.32 Å². The van der Waals surface area contributed by atoms with Crippen LogP contribution in [0, 0.1) is 11.8 Å². The van der Waals surface area contributed by atoms with E-state index in [1.807, 2.05) is 0 Å². The van der Waals surface area contributed by atoms with Gasteiger partial charge in [0.25, 0.3) is 0 Å². The normalized spacial score (nSPS) is 24.7. The van der Waals surface area contributed by atoms with Gasteiger partial charge in [0.15, 0.2) is 0 Å². The van der Waals surface area contributed by atoms with E-state index in [9.17, 15) is 14.4 Å². The molecule has 2 amide bonds. The lowest BCUT2D eigenvalue weighted by Gasteiger charge is -2.20. The summed E-state index contributed by atoms with van der Waals surface area (Å²) >= 11 is 0. The molecule has 3 rings (SSSR count). The van der Waals surface area contributed by atoms with E-state index in [0.29, 0.717) is 36.4 Å². The van der Waals surface area contributed by atoms with E-state index in [0.717, 1.165) is 0 Å². The summed E-state index contributed by atoms with van der Waals surface area (Å²) in [5, 5.41) is 12.0. The molecule has 2 fully saturated rings. The molecule has 0 aromatic heterocycles. The van der Waals surface area contributed by atoms with Gasteiger partial charge in [-0.25, -0.2) is 0 Å². The van der Waals surface area contributed by atoms with Crippen molar-refractivity contribution >= 4 is 23.5 Å².